The largest absolute Gasteiger partial charge is 0.353 e. The number of anilines is 3. The van der Waals surface area contributed by atoms with Crippen molar-refractivity contribution in [3.63, 3.8) is 0 Å². The Morgan fingerprint density at radius 1 is 0.875 bits per heavy atom. The van der Waals surface area contributed by atoms with Crippen molar-refractivity contribution in [1.82, 2.24) is 4.98 Å². The van der Waals surface area contributed by atoms with Crippen LogP contribution in [0.1, 0.15) is 10.5 Å². The molecule has 2 N–H and O–H groups in total. The Labute approximate surface area is 149 Å². The SMILES string of the molecule is O=C(Nc1ccc(Cl)cc1)c1ccc(Nc2ccccc2Cl)cn1. The maximum atomic E-state index is 12.2. The van der Waals surface area contributed by atoms with Gasteiger partial charge in [-0.1, -0.05) is 35.3 Å². The number of hydrogen-bond donors (Lipinski definition) is 2. The number of nitrogens with one attached hydrogen (secondary N) is 2. The minimum absolute atomic E-state index is 0.290. The van der Waals surface area contributed by atoms with Crippen LogP contribution >= 0.6 is 23.2 Å². The van der Waals surface area contributed by atoms with E-state index in [1.54, 1.807) is 48.7 Å². The van der Waals surface area contributed by atoms with Crippen molar-refractivity contribution in [2.24, 2.45) is 0 Å². The van der Waals surface area contributed by atoms with E-state index in [0.717, 1.165) is 11.4 Å². The molecular weight excluding hydrogens is 345 g/mol. The van der Waals surface area contributed by atoms with Crippen molar-refractivity contribution in [1.29, 1.82) is 0 Å². The second kappa shape index (κ2) is 7.34. The van der Waals surface area contributed by atoms with Crippen LogP contribution in [0.2, 0.25) is 10.0 Å². The zero-order valence-electron chi connectivity index (χ0n) is 12.5. The van der Waals surface area contributed by atoms with E-state index in [9.17, 15) is 4.79 Å². The number of nitrogens with zero attached hydrogens (tertiary/aromatic N) is 1. The molecule has 1 aromatic heterocycles. The lowest BCUT2D eigenvalue weighted by molar-refractivity contribution is 0.102. The van der Waals surface area contributed by atoms with Gasteiger partial charge in [-0.3, -0.25) is 4.79 Å². The standard InChI is InChI=1S/C18H13Cl2N3O/c19-12-5-7-13(8-6-12)23-18(24)17-10-9-14(11-21-17)22-16-4-2-1-3-15(16)20/h1-11,22H,(H,23,24). The minimum atomic E-state index is -0.290. The first kappa shape index (κ1) is 16.3. The molecule has 0 saturated carbocycles. The Morgan fingerprint density at radius 3 is 2.25 bits per heavy atom. The van der Waals surface area contributed by atoms with Gasteiger partial charge in [0, 0.05) is 10.7 Å². The summed E-state index contributed by atoms with van der Waals surface area (Å²) in [6, 6.07) is 17.7. The number of para-hydroxylation sites is 1. The molecule has 2 aromatic carbocycles. The molecule has 6 heteroatoms. The number of rotatable bonds is 4. The highest BCUT2D eigenvalue weighted by Gasteiger charge is 2.08. The molecule has 0 spiro atoms. The summed E-state index contributed by atoms with van der Waals surface area (Å²) in [6.45, 7) is 0. The molecule has 1 heterocycles. The van der Waals surface area contributed by atoms with E-state index in [0.29, 0.717) is 21.4 Å². The Balaban J connectivity index is 1.68. The third-order valence-electron chi connectivity index (χ3n) is 3.25. The number of amides is 1. The Bertz CT molecular complexity index is 849. The summed E-state index contributed by atoms with van der Waals surface area (Å²) in [7, 11) is 0. The first-order valence-electron chi connectivity index (χ1n) is 7.16. The van der Waals surface area contributed by atoms with Crippen LogP contribution in [0.5, 0.6) is 0 Å². The number of carbonyl (C=O) groups is 1. The molecule has 3 aromatic rings. The lowest BCUT2D eigenvalue weighted by Gasteiger charge is -2.09. The fourth-order valence-corrected chi connectivity index (χ4v) is 2.36. The Morgan fingerprint density at radius 2 is 1.58 bits per heavy atom. The number of aromatic nitrogens is 1. The fraction of sp³-hybridized carbons (Fsp3) is 0. The van der Waals surface area contributed by atoms with Crippen molar-refractivity contribution in [3.8, 4) is 0 Å². The van der Waals surface area contributed by atoms with Crippen LogP contribution in [-0.2, 0) is 0 Å². The van der Waals surface area contributed by atoms with Gasteiger partial charge in [-0.2, -0.15) is 0 Å². The molecule has 120 valence electrons. The Hall–Kier alpha value is -2.56. The van der Waals surface area contributed by atoms with Gasteiger partial charge in [0.25, 0.3) is 5.91 Å². The van der Waals surface area contributed by atoms with Crippen molar-refractivity contribution in [2.45, 2.75) is 0 Å². The van der Waals surface area contributed by atoms with E-state index in [1.807, 2.05) is 18.2 Å². The van der Waals surface area contributed by atoms with Gasteiger partial charge in [-0.15, -0.1) is 0 Å². The lowest BCUT2D eigenvalue weighted by Crippen LogP contribution is -2.13. The highest BCUT2D eigenvalue weighted by molar-refractivity contribution is 6.33. The first-order chi connectivity index (χ1) is 11.6. The Kier molecular flexibility index (Phi) is 4.99. The van der Waals surface area contributed by atoms with Gasteiger partial charge in [0.15, 0.2) is 0 Å². The molecule has 0 aliphatic rings. The highest BCUT2D eigenvalue weighted by atomic mass is 35.5. The summed E-state index contributed by atoms with van der Waals surface area (Å²) in [5.41, 5.74) is 2.49. The molecule has 0 fully saturated rings. The zero-order chi connectivity index (χ0) is 16.9. The van der Waals surface area contributed by atoms with E-state index in [1.165, 1.54) is 0 Å². The molecule has 4 nitrogen and oxygen atoms in total. The normalized spacial score (nSPS) is 10.2. The number of hydrogen-bond acceptors (Lipinski definition) is 3. The van der Waals surface area contributed by atoms with Gasteiger partial charge < -0.3 is 10.6 Å². The minimum Gasteiger partial charge on any atom is -0.353 e. The van der Waals surface area contributed by atoms with Gasteiger partial charge in [0.2, 0.25) is 0 Å². The predicted octanol–water partition coefficient (Wildman–Crippen LogP) is 5.38. The van der Waals surface area contributed by atoms with Crippen molar-refractivity contribution in [2.75, 3.05) is 10.6 Å². The van der Waals surface area contributed by atoms with Crippen molar-refractivity contribution in [3.05, 3.63) is 82.6 Å². The number of carbonyl (C=O) groups excluding carboxylic acids is 1. The van der Waals surface area contributed by atoms with Crippen LogP contribution in [0.15, 0.2) is 66.9 Å². The monoisotopic (exact) mass is 357 g/mol. The molecule has 0 aliphatic heterocycles. The third kappa shape index (κ3) is 4.04. The molecular formula is C18H13Cl2N3O. The molecule has 0 bridgehead atoms. The molecule has 0 aliphatic carbocycles. The highest BCUT2D eigenvalue weighted by Crippen LogP contribution is 2.24. The fourth-order valence-electron chi connectivity index (χ4n) is 2.05. The second-order valence-corrected chi connectivity index (χ2v) is 5.84. The first-order valence-corrected chi connectivity index (χ1v) is 7.92. The molecule has 0 atom stereocenters. The van der Waals surface area contributed by atoms with E-state index in [2.05, 4.69) is 15.6 Å². The third-order valence-corrected chi connectivity index (χ3v) is 3.83. The van der Waals surface area contributed by atoms with Crippen molar-refractivity contribution < 1.29 is 4.79 Å². The molecule has 0 saturated heterocycles. The van der Waals surface area contributed by atoms with Gasteiger partial charge in [0.1, 0.15) is 5.69 Å². The van der Waals surface area contributed by atoms with Crippen LogP contribution in [0, 0.1) is 0 Å². The van der Waals surface area contributed by atoms with Crippen molar-refractivity contribution >= 4 is 46.2 Å². The second-order valence-electron chi connectivity index (χ2n) is 5.00. The van der Waals surface area contributed by atoms with Gasteiger partial charge in [-0.25, -0.2) is 4.98 Å². The predicted molar refractivity (Wildman–Crippen MR) is 98.4 cm³/mol. The van der Waals surface area contributed by atoms with Crippen LogP contribution in [-0.4, -0.2) is 10.9 Å². The summed E-state index contributed by atoms with van der Waals surface area (Å²) < 4.78 is 0. The molecule has 0 unspecified atom stereocenters. The topological polar surface area (TPSA) is 54.0 Å². The van der Waals surface area contributed by atoms with Gasteiger partial charge in [-0.05, 0) is 48.5 Å². The van der Waals surface area contributed by atoms with Crippen LogP contribution in [0.3, 0.4) is 0 Å². The van der Waals surface area contributed by atoms with Gasteiger partial charge in [0.05, 0.1) is 22.6 Å². The van der Waals surface area contributed by atoms with E-state index >= 15 is 0 Å². The summed E-state index contributed by atoms with van der Waals surface area (Å²) >= 11 is 11.9. The molecule has 0 radical (unpaired) electrons. The molecule has 1 amide bonds. The van der Waals surface area contributed by atoms with E-state index < -0.39 is 0 Å². The number of benzene rings is 2. The van der Waals surface area contributed by atoms with Crippen LogP contribution < -0.4 is 10.6 Å². The maximum Gasteiger partial charge on any atom is 0.274 e. The maximum absolute atomic E-state index is 12.2. The molecule has 3 rings (SSSR count). The quantitative estimate of drug-likeness (QED) is 0.658. The average Bonchev–Trinajstić information content (AvgIpc) is 2.59. The van der Waals surface area contributed by atoms with Crippen LogP contribution in [0.4, 0.5) is 17.1 Å². The zero-order valence-corrected chi connectivity index (χ0v) is 14.0. The summed E-state index contributed by atoms with van der Waals surface area (Å²) in [6.07, 6.45) is 1.58. The van der Waals surface area contributed by atoms with E-state index in [4.69, 9.17) is 23.2 Å². The lowest BCUT2D eigenvalue weighted by atomic mass is 10.2. The van der Waals surface area contributed by atoms with E-state index in [-0.39, 0.29) is 5.91 Å². The summed E-state index contributed by atoms with van der Waals surface area (Å²) in [4.78, 5) is 16.3. The summed E-state index contributed by atoms with van der Waals surface area (Å²) in [5, 5.41) is 7.14. The average molecular weight is 358 g/mol. The number of halogens is 2. The smallest absolute Gasteiger partial charge is 0.274 e. The van der Waals surface area contributed by atoms with Gasteiger partial charge >= 0.3 is 0 Å². The van der Waals surface area contributed by atoms with Crippen LogP contribution in [0.25, 0.3) is 0 Å². The number of pyridine rings is 1. The molecule has 24 heavy (non-hydrogen) atoms. The summed E-state index contributed by atoms with van der Waals surface area (Å²) in [5.74, 6) is -0.290.